The molecule has 0 saturated carbocycles. The molecule has 1 heterocycles. The number of benzene rings is 2. The van der Waals surface area contributed by atoms with Crippen LogP contribution in [0.5, 0.6) is 0 Å². The van der Waals surface area contributed by atoms with Crippen molar-refractivity contribution in [2.24, 2.45) is 0 Å². The van der Waals surface area contributed by atoms with E-state index in [9.17, 15) is 0 Å². The SMILES string of the molecule is CC(C)c1ccc(-c2cncc(NCc3cccc(Cl)c3)n2)cc1. The third-order valence-electron chi connectivity index (χ3n) is 3.87. The van der Waals surface area contributed by atoms with Gasteiger partial charge in [-0.15, -0.1) is 0 Å². The fraction of sp³-hybridized carbons (Fsp3) is 0.200. The van der Waals surface area contributed by atoms with Gasteiger partial charge >= 0.3 is 0 Å². The molecule has 1 aromatic heterocycles. The summed E-state index contributed by atoms with van der Waals surface area (Å²) in [6, 6.07) is 16.3. The Hall–Kier alpha value is -2.39. The van der Waals surface area contributed by atoms with Gasteiger partial charge in [0.25, 0.3) is 0 Å². The van der Waals surface area contributed by atoms with Crippen LogP contribution in [0.3, 0.4) is 0 Å². The van der Waals surface area contributed by atoms with Gasteiger partial charge in [0.05, 0.1) is 18.1 Å². The summed E-state index contributed by atoms with van der Waals surface area (Å²) in [7, 11) is 0. The maximum Gasteiger partial charge on any atom is 0.145 e. The van der Waals surface area contributed by atoms with Crippen molar-refractivity contribution in [1.29, 1.82) is 0 Å². The lowest BCUT2D eigenvalue weighted by Crippen LogP contribution is -2.02. The van der Waals surface area contributed by atoms with Gasteiger partial charge in [-0.1, -0.05) is 61.8 Å². The van der Waals surface area contributed by atoms with Crippen LogP contribution >= 0.6 is 11.6 Å². The maximum absolute atomic E-state index is 6.01. The van der Waals surface area contributed by atoms with E-state index in [1.807, 2.05) is 24.3 Å². The van der Waals surface area contributed by atoms with Crippen LogP contribution in [0.2, 0.25) is 5.02 Å². The van der Waals surface area contributed by atoms with Crippen LogP contribution in [0.25, 0.3) is 11.3 Å². The second kappa shape index (κ2) is 7.45. The van der Waals surface area contributed by atoms with Crippen molar-refractivity contribution in [2.75, 3.05) is 5.32 Å². The average molecular weight is 338 g/mol. The normalized spacial score (nSPS) is 10.8. The van der Waals surface area contributed by atoms with Gasteiger partial charge in [-0.05, 0) is 29.2 Å². The van der Waals surface area contributed by atoms with Crippen LogP contribution in [-0.2, 0) is 6.54 Å². The fourth-order valence-corrected chi connectivity index (χ4v) is 2.68. The Kier molecular flexibility index (Phi) is 5.11. The largest absolute Gasteiger partial charge is 0.365 e. The molecule has 122 valence electrons. The molecule has 0 aliphatic heterocycles. The van der Waals surface area contributed by atoms with Crippen molar-refractivity contribution in [3.8, 4) is 11.3 Å². The highest BCUT2D eigenvalue weighted by atomic mass is 35.5. The molecule has 0 saturated heterocycles. The Morgan fingerprint density at radius 3 is 2.54 bits per heavy atom. The summed E-state index contributed by atoms with van der Waals surface area (Å²) in [4.78, 5) is 8.95. The molecule has 0 aliphatic carbocycles. The standard InChI is InChI=1S/C20H20ClN3/c1-14(2)16-6-8-17(9-7-16)19-12-22-13-20(24-19)23-11-15-4-3-5-18(21)10-15/h3-10,12-14H,11H2,1-2H3,(H,23,24). The lowest BCUT2D eigenvalue weighted by Gasteiger charge is -2.09. The highest BCUT2D eigenvalue weighted by molar-refractivity contribution is 6.30. The first-order valence-electron chi connectivity index (χ1n) is 8.02. The van der Waals surface area contributed by atoms with Crippen molar-refractivity contribution in [3.63, 3.8) is 0 Å². The minimum atomic E-state index is 0.524. The van der Waals surface area contributed by atoms with Gasteiger partial charge in [-0.3, -0.25) is 4.98 Å². The molecule has 2 aromatic carbocycles. The smallest absolute Gasteiger partial charge is 0.145 e. The van der Waals surface area contributed by atoms with Gasteiger partial charge in [0.2, 0.25) is 0 Å². The molecule has 0 radical (unpaired) electrons. The van der Waals surface area contributed by atoms with Gasteiger partial charge < -0.3 is 5.32 Å². The number of nitrogens with zero attached hydrogens (tertiary/aromatic N) is 2. The number of halogens is 1. The monoisotopic (exact) mass is 337 g/mol. The number of hydrogen-bond acceptors (Lipinski definition) is 3. The zero-order valence-electron chi connectivity index (χ0n) is 13.8. The van der Waals surface area contributed by atoms with Crippen molar-refractivity contribution in [1.82, 2.24) is 9.97 Å². The predicted molar refractivity (Wildman–Crippen MR) is 100 cm³/mol. The lowest BCUT2D eigenvalue weighted by molar-refractivity contribution is 0.867. The van der Waals surface area contributed by atoms with Crippen LogP contribution in [0.15, 0.2) is 60.9 Å². The van der Waals surface area contributed by atoms with E-state index >= 15 is 0 Å². The van der Waals surface area contributed by atoms with Crippen LogP contribution in [0.4, 0.5) is 5.82 Å². The van der Waals surface area contributed by atoms with E-state index in [0.717, 1.165) is 27.7 Å². The number of nitrogens with one attached hydrogen (secondary N) is 1. The molecule has 0 amide bonds. The van der Waals surface area contributed by atoms with Crippen molar-refractivity contribution in [3.05, 3.63) is 77.1 Å². The van der Waals surface area contributed by atoms with Crippen LogP contribution in [0.1, 0.15) is 30.9 Å². The lowest BCUT2D eigenvalue weighted by atomic mass is 10.0. The summed E-state index contributed by atoms with van der Waals surface area (Å²) in [6.45, 7) is 5.04. The number of hydrogen-bond donors (Lipinski definition) is 1. The Bertz CT molecular complexity index is 813. The molecule has 1 N–H and O–H groups in total. The molecular formula is C20H20ClN3. The summed E-state index contributed by atoms with van der Waals surface area (Å²) in [5, 5.41) is 4.03. The summed E-state index contributed by atoms with van der Waals surface area (Å²) < 4.78 is 0. The van der Waals surface area contributed by atoms with Crippen molar-refractivity contribution in [2.45, 2.75) is 26.3 Å². The molecule has 3 aromatic rings. The zero-order valence-corrected chi connectivity index (χ0v) is 14.6. The van der Waals surface area contributed by atoms with E-state index in [4.69, 9.17) is 11.6 Å². The highest BCUT2D eigenvalue weighted by Crippen LogP contribution is 2.22. The molecule has 3 nitrogen and oxygen atoms in total. The first-order valence-corrected chi connectivity index (χ1v) is 8.40. The average Bonchev–Trinajstić information content (AvgIpc) is 2.60. The molecule has 0 atom stereocenters. The minimum Gasteiger partial charge on any atom is -0.365 e. The quantitative estimate of drug-likeness (QED) is 0.665. The summed E-state index contributed by atoms with van der Waals surface area (Å²) in [5.41, 5.74) is 4.36. The highest BCUT2D eigenvalue weighted by Gasteiger charge is 2.04. The van der Waals surface area contributed by atoms with E-state index in [1.54, 1.807) is 12.4 Å². The van der Waals surface area contributed by atoms with Gasteiger partial charge in [-0.25, -0.2) is 4.98 Å². The second-order valence-corrected chi connectivity index (χ2v) is 6.49. The third-order valence-corrected chi connectivity index (χ3v) is 4.11. The molecule has 0 fully saturated rings. The first kappa shape index (κ1) is 16.5. The minimum absolute atomic E-state index is 0.524. The molecule has 0 unspecified atom stereocenters. The van der Waals surface area contributed by atoms with Gasteiger partial charge in [0, 0.05) is 17.1 Å². The Morgan fingerprint density at radius 2 is 1.83 bits per heavy atom. The Balaban J connectivity index is 1.74. The van der Waals surface area contributed by atoms with Crippen LogP contribution in [0, 0.1) is 0 Å². The van der Waals surface area contributed by atoms with Crippen LogP contribution in [-0.4, -0.2) is 9.97 Å². The van der Waals surface area contributed by atoms with E-state index < -0.39 is 0 Å². The Labute approximate surface area is 147 Å². The molecule has 3 rings (SSSR count). The summed E-state index contributed by atoms with van der Waals surface area (Å²) >= 11 is 6.01. The van der Waals surface area contributed by atoms with Gasteiger partial charge in [0.15, 0.2) is 0 Å². The van der Waals surface area contributed by atoms with E-state index in [2.05, 4.69) is 53.4 Å². The molecule has 24 heavy (non-hydrogen) atoms. The molecule has 0 bridgehead atoms. The molecular weight excluding hydrogens is 318 g/mol. The van der Waals surface area contributed by atoms with E-state index in [1.165, 1.54) is 5.56 Å². The predicted octanol–water partition coefficient (Wildman–Crippen LogP) is 5.53. The fourth-order valence-electron chi connectivity index (χ4n) is 2.47. The molecule has 4 heteroatoms. The molecule has 0 spiro atoms. The van der Waals surface area contributed by atoms with Crippen LogP contribution < -0.4 is 5.32 Å². The summed E-state index contributed by atoms with van der Waals surface area (Å²) in [6.07, 6.45) is 3.52. The maximum atomic E-state index is 6.01. The zero-order chi connectivity index (χ0) is 16.9. The van der Waals surface area contributed by atoms with Crippen molar-refractivity contribution < 1.29 is 0 Å². The van der Waals surface area contributed by atoms with Gasteiger partial charge in [-0.2, -0.15) is 0 Å². The number of rotatable bonds is 5. The Morgan fingerprint density at radius 1 is 1.04 bits per heavy atom. The number of aromatic nitrogens is 2. The third kappa shape index (κ3) is 4.12. The van der Waals surface area contributed by atoms with E-state index in [0.29, 0.717) is 12.5 Å². The summed E-state index contributed by atoms with van der Waals surface area (Å²) in [5.74, 6) is 1.27. The second-order valence-electron chi connectivity index (χ2n) is 6.05. The first-order chi connectivity index (χ1) is 11.6. The molecule has 0 aliphatic rings. The van der Waals surface area contributed by atoms with Crippen molar-refractivity contribution >= 4 is 17.4 Å². The van der Waals surface area contributed by atoms with E-state index in [-0.39, 0.29) is 0 Å². The topological polar surface area (TPSA) is 37.8 Å². The van der Waals surface area contributed by atoms with Gasteiger partial charge in [0.1, 0.15) is 5.82 Å². The number of anilines is 1.